The number of hydrogen-bond donors (Lipinski definition) is 0. The first-order valence-corrected chi connectivity index (χ1v) is 11.3. The molecule has 0 aliphatic heterocycles. The standard InChI is InChI=1S/C27H36/c1-4-20-8-7-10-24(18-20)26-17-16-22-9-5-6-11-25(22)27(26)23-14-12-21(13-15-23)19(2)3/h5-6,9,11-15,19-20,24,26-27H,4,7-8,10,16-18H2,1-3H3. The largest absolute Gasteiger partial charge is 0.0651 e. The Morgan fingerprint density at radius 2 is 1.70 bits per heavy atom. The molecule has 2 aliphatic carbocycles. The lowest BCUT2D eigenvalue weighted by Gasteiger charge is -2.42. The molecule has 4 rings (SSSR count). The van der Waals surface area contributed by atoms with E-state index in [1.54, 1.807) is 16.7 Å². The molecule has 0 spiro atoms. The Kier molecular flexibility index (Phi) is 5.71. The summed E-state index contributed by atoms with van der Waals surface area (Å²) in [6, 6.07) is 18.9. The summed E-state index contributed by atoms with van der Waals surface area (Å²) < 4.78 is 0. The number of hydrogen-bond acceptors (Lipinski definition) is 0. The van der Waals surface area contributed by atoms with Crippen molar-refractivity contribution in [2.45, 2.75) is 77.6 Å². The minimum atomic E-state index is 0.594. The average molecular weight is 361 g/mol. The molecule has 0 saturated heterocycles. The number of benzene rings is 2. The van der Waals surface area contributed by atoms with E-state index in [1.165, 1.54) is 50.5 Å². The molecule has 1 saturated carbocycles. The zero-order chi connectivity index (χ0) is 18.8. The lowest BCUT2D eigenvalue weighted by atomic mass is 9.62. The fourth-order valence-electron chi connectivity index (χ4n) is 5.90. The minimum Gasteiger partial charge on any atom is -0.0651 e. The van der Waals surface area contributed by atoms with Crippen LogP contribution in [-0.2, 0) is 6.42 Å². The Morgan fingerprint density at radius 1 is 0.926 bits per heavy atom. The Labute approximate surface area is 166 Å². The first kappa shape index (κ1) is 18.8. The maximum atomic E-state index is 2.44. The highest BCUT2D eigenvalue weighted by Crippen LogP contribution is 2.49. The number of aryl methyl sites for hydroxylation is 1. The van der Waals surface area contributed by atoms with Crippen molar-refractivity contribution in [3.05, 3.63) is 70.8 Å². The van der Waals surface area contributed by atoms with E-state index >= 15 is 0 Å². The molecule has 2 aliphatic rings. The lowest BCUT2D eigenvalue weighted by Crippen LogP contribution is -2.31. The zero-order valence-electron chi connectivity index (χ0n) is 17.5. The third-order valence-electron chi connectivity index (χ3n) is 7.53. The number of fused-ring (bicyclic) bond motifs is 1. The van der Waals surface area contributed by atoms with Crippen LogP contribution < -0.4 is 0 Å². The van der Waals surface area contributed by atoms with Gasteiger partial charge in [0.15, 0.2) is 0 Å². The van der Waals surface area contributed by atoms with E-state index < -0.39 is 0 Å². The minimum absolute atomic E-state index is 0.594. The molecule has 1 fully saturated rings. The van der Waals surface area contributed by atoms with Crippen LogP contribution in [0.2, 0.25) is 0 Å². The van der Waals surface area contributed by atoms with Gasteiger partial charge in [0.1, 0.15) is 0 Å². The van der Waals surface area contributed by atoms with Crippen molar-refractivity contribution >= 4 is 0 Å². The van der Waals surface area contributed by atoms with E-state index in [-0.39, 0.29) is 0 Å². The van der Waals surface area contributed by atoms with Gasteiger partial charge in [0.2, 0.25) is 0 Å². The third kappa shape index (κ3) is 3.86. The average Bonchev–Trinajstić information content (AvgIpc) is 2.73. The fourth-order valence-corrected chi connectivity index (χ4v) is 5.90. The van der Waals surface area contributed by atoms with Crippen molar-refractivity contribution in [2.75, 3.05) is 0 Å². The van der Waals surface area contributed by atoms with Crippen molar-refractivity contribution in [3.8, 4) is 0 Å². The van der Waals surface area contributed by atoms with Crippen LogP contribution in [0.15, 0.2) is 48.5 Å². The Bertz CT molecular complexity index is 739. The maximum Gasteiger partial charge on any atom is 0.0123 e. The summed E-state index contributed by atoms with van der Waals surface area (Å²) >= 11 is 0. The SMILES string of the molecule is CCC1CCCC(C2CCc3ccccc3C2c2ccc(C(C)C)cc2)C1. The molecule has 0 N–H and O–H groups in total. The van der Waals surface area contributed by atoms with E-state index in [0.717, 1.165) is 17.8 Å². The van der Waals surface area contributed by atoms with Crippen LogP contribution in [0.1, 0.15) is 93.4 Å². The van der Waals surface area contributed by atoms with Gasteiger partial charge in [0, 0.05) is 5.92 Å². The second kappa shape index (κ2) is 8.21. The van der Waals surface area contributed by atoms with Gasteiger partial charge in [0.05, 0.1) is 0 Å². The molecule has 0 amide bonds. The molecular weight excluding hydrogens is 324 g/mol. The highest BCUT2D eigenvalue weighted by Gasteiger charge is 2.37. The second-order valence-corrected chi connectivity index (χ2v) is 9.40. The van der Waals surface area contributed by atoms with Gasteiger partial charge in [-0.3, -0.25) is 0 Å². The first-order valence-electron chi connectivity index (χ1n) is 11.3. The van der Waals surface area contributed by atoms with E-state index in [0.29, 0.717) is 11.8 Å². The molecule has 0 bridgehead atoms. The van der Waals surface area contributed by atoms with Gasteiger partial charge in [-0.15, -0.1) is 0 Å². The maximum absolute atomic E-state index is 2.44. The molecule has 144 valence electrons. The first-order chi connectivity index (χ1) is 13.2. The third-order valence-corrected chi connectivity index (χ3v) is 7.53. The van der Waals surface area contributed by atoms with Crippen molar-refractivity contribution in [1.82, 2.24) is 0 Å². The van der Waals surface area contributed by atoms with Gasteiger partial charge in [0.25, 0.3) is 0 Å². The van der Waals surface area contributed by atoms with Gasteiger partial charge in [-0.2, -0.15) is 0 Å². The van der Waals surface area contributed by atoms with Crippen molar-refractivity contribution in [2.24, 2.45) is 17.8 Å². The molecule has 0 nitrogen and oxygen atoms in total. The summed E-state index contributed by atoms with van der Waals surface area (Å²) in [4.78, 5) is 0. The Hall–Kier alpha value is -1.56. The zero-order valence-corrected chi connectivity index (χ0v) is 17.5. The Balaban J connectivity index is 1.70. The highest BCUT2D eigenvalue weighted by molar-refractivity contribution is 5.42. The van der Waals surface area contributed by atoms with Crippen LogP contribution in [0.3, 0.4) is 0 Å². The number of rotatable bonds is 4. The summed E-state index contributed by atoms with van der Waals surface area (Å²) in [6.45, 7) is 6.98. The molecule has 4 atom stereocenters. The fraction of sp³-hybridized carbons (Fsp3) is 0.556. The van der Waals surface area contributed by atoms with E-state index in [1.807, 2.05) is 0 Å². The summed E-state index contributed by atoms with van der Waals surface area (Å²) in [5.41, 5.74) is 6.22. The smallest absolute Gasteiger partial charge is 0.0123 e. The van der Waals surface area contributed by atoms with E-state index in [9.17, 15) is 0 Å². The van der Waals surface area contributed by atoms with Crippen molar-refractivity contribution in [3.63, 3.8) is 0 Å². The molecule has 4 unspecified atom stereocenters. The molecular formula is C27H36. The Morgan fingerprint density at radius 3 is 2.44 bits per heavy atom. The van der Waals surface area contributed by atoms with Crippen LogP contribution >= 0.6 is 0 Å². The van der Waals surface area contributed by atoms with Gasteiger partial charge in [-0.1, -0.05) is 95.0 Å². The van der Waals surface area contributed by atoms with Gasteiger partial charge < -0.3 is 0 Å². The molecule has 27 heavy (non-hydrogen) atoms. The van der Waals surface area contributed by atoms with Gasteiger partial charge in [-0.25, -0.2) is 0 Å². The monoisotopic (exact) mass is 360 g/mol. The highest BCUT2D eigenvalue weighted by atomic mass is 14.4. The molecule has 0 radical (unpaired) electrons. The molecule has 0 heterocycles. The molecule has 2 aromatic rings. The normalized spacial score (nSPS) is 28.1. The molecule has 0 heteroatoms. The van der Waals surface area contributed by atoms with Crippen LogP contribution in [0.4, 0.5) is 0 Å². The van der Waals surface area contributed by atoms with Crippen LogP contribution in [0, 0.1) is 17.8 Å². The van der Waals surface area contributed by atoms with Crippen molar-refractivity contribution in [1.29, 1.82) is 0 Å². The summed E-state index contributed by atoms with van der Waals surface area (Å²) in [7, 11) is 0. The summed E-state index contributed by atoms with van der Waals surface area (Å²) in [5, 5.41) is 0. The van der Waals surface area contributed by atoms with E-state index in [2.05, 4.69) is 69.3 Å². The van der Waals surface area contributed by atoms with Gasteiger partial charge in [-0.05, 0) is 65.2 Å². The van der Waals surface area contributed by atoms with Crippen molar-refractivity contribution < 1.29 is 0 Å². The van der Waals surface area contributed by atoms with Crippen LogP contribution in [0.5, 0.6) is 0 Å². The lowest BCUT2D eigenvalue weighted by molar-refractivity contribution is 0.165. The van der Waals surface area contributed by atoms with Gasteiger partial charge >= 0.3 is 0 Å². The summed E-state index contributed by atoms with van der Waals surface area (Å²) in [5.74, 6) is 3.89. The molecule has 2 aromatic carbocycles. The predicted molar refractivity (Wildman–Crippen MR) is 116 cm³/mol. The topological polar surface area (TPSA) is 0 Å². The summed E-state index contributed by atoms with van der Waals surface area (Å²) in [6.07, 6.45) is 9.83. The second-order valence-electron chi connectivity index (χ2n) is 9.40. The van der Waals surface area contributed by atoms with Crippen LogP contribution in [-0.4, -0.2) is 0 Å². The van der Waals surface area contributed by atoms with E-state index in [4.69, 9.17) is 0 Å². The van der Waals surface area contributed by atoms with Crippen LogP contribution in [0.25, 0.3) is 0 Å². The quantitative estimate of drug-likeness (QED) is 0.523. The predicted octanol–water partition coefficient (Wildman–Crippen LogP) is 7.72. The molecule has 0 aromatic heterocycles.